The summed E-state index contributed by atoms with van der Waals surface area (Å²) < 4.78 is 37.4. The highest BCUT2D eigenvalue weighted by atomic mass is 32.2. The zero-order valence-electron chi connectivity index (χ0n) is 22.7. The van der Waals surface area contributed by atoms with Gasteiger partial charge in [-0.3, -0.25) is 8.98 Å². The van der Waals surface area contributed by atoms with E-state index >= 15 is 0 Å². The summed E-state index contributed by atoms with van der Waals surface area (Å²) in [6.45, 7) is 10.5. The summed E-state index contributed by atoms with van der Waals surface area (Å²) in [6.07, 6.45) is 9.72. The van der Waals surface area contributed by atoms with E-state index in [2.05, 4.69) is 20.8 Å². The highest BCUT2D eigenvalue weighted by Crippen LogP contribution is 2.68. The Balaban J connectivity index is 1.28. The normalized spacial score (nSPS) is 41.0. The summed E-state index contributed by atoms with van der Waals surface area (Å²) >= 11 is 0. The third-order valence-corrected chi connectivity index (χ3v) is 12.6. The molecule has 0 saturated heterocycles. The average molecular weight is 517 g/mol. The summed E-state index contributed by atoms with van der Waals surface area (Å²) in [5.41, 5.74) is 1.55. The van der Waals surface area contributed by atoms with E-state index in [0.29, 0.717) is 23.7 Å². The molecule has 6 heteroatoms. The number of fused-ring (bicyclic) bond motifs is 5. The second-order valence-corrected chi connectivity index (χ2v) is 14.5. The van der Waals surface area contributed by atoms with Crippen molar-refractivity contribution in [2.75, 3.05) is 0 Å². The first-order chi connectivity index (χ1) is 16.9. The van der Waals surface area contributed by atoms with Gasteiger partial charge in [-0.05, 0) is 118 Å². The van der Waals surface area contributed by atoms with Crippen LogP contribution < -0.4 is 0 Å². The van der Waals surface area contributed by atoms with Crippen LogP contribution in [0.2, 0.25) is 0 Å². The molecule has 0 heterocycles. The van der Waals surface area contributed by atoms with Crippen molar-refractivity contribution in [3.63, 3.8) is 0 Å². The van der Waals surface area contributed by atoms with Gasteiger partial charge >= 0.3 is 5.97 Å². The minimum atomic E-state index is -3.74. The fourth-order valence-electron chi connectivity index (χ4n) is 9.40. The molecule has 4 aliphatic carbocycles. The average Bonchev–Trinajstić information content (AvgIpc) is 3.16. The van der Waals surface area contributed by atoms with E-state index in [1.807, 2.05) is 19.1 Å². The molecule has 4 aliphatic rings. The van der Waals surface area contributed by atoms with Gasteiger partial charge in [0, 0.05) is 12.8 Å². The fourth-order valence-corrected chi connectivity index (χ4v) is 10.5. The molecular formula is C30H44O5S. The molecular weight excluding hydrogens is 472 g/mol. The number of rotatable bonds is 5. The molecule has 9 atom stereocenters. The largest absolute Gasteiger partial charge is 0.463 e. The van der Waals surface area contributed by atoms with Crippen LogP contribution in [0.5, 0.6) is 0 Å². The minimum Gasteiger partial charge on any atom is -0.463 e. The van der Waals surface area contributed by atoms with Gasteiger partial charge in [-0.15, -0.1) is 0 Å². The van der Waals surface area contributed by atoms with Crippen LogP contribution in [0.3, 0.4) is 0 Å². The molecule has 0 aliphatic heterocycles. The van der Waals surface area contributed by atoms with Crippen LogP contribution in [0.4, 0.5) is 0 Å². The number of esters is 1. The number of carbonyl (C=O) groups excluding carboxylic acids is 1. The quantitative estimate of drug-likeness (QED) is 0.322. The van der Waals surface area contributed by atoms with Gasteiger partial charge in [-0.2, -0.15) is 8.42 Å². The number of carbonyl (C=O) groups is 1. The van der Waals surface area contributed by atoms with Crippen molar-refractivity contribution >= 4 is 16.1 Å². The van der Waals surface area contributed by atoms with Crippen molar-refractivity contribution in [2.24, 2.45) is 40.4 Å². The first-order valence-electron chi connectivity index (χ1n) is 14.1. The first-order valence-corrected chi connectivity index (χ1v) is 15.5. The molecule has 200 valence electrons. The number of hydrogen-bond donors (Lipinski definition) is 0. The van der Waals surface area contributed by atoms with E-state index < -0.39 is 10.1 Å². The number of hydrogen-bond acceptors (Lipinski definition) is 5. The van der Waals surface area contributed by atoms with Crippen molar-refractivity contribution in [3.05, 3.63) is 29.8 Å². The maximum absolute atomic E-state index is 12.9. The molecule has 0 aromatic heterocycles. The minimum absolute atomic E-state index is 0.0101. The monoisotopic (exact) mass is 516 g/mol. The Bertz CT molecular complexity index is 1080. The van der Waals surface area contributed by atoms with Gasteiger partial charge in [0.15, 0.2) is 0 Å². The SMILES string of the molecule is CC(=O)O[C@@H](C)[C@H]1CC[C@H]2[C@@H]3CC[C@H]4C[C@@H](OS(=O)(=O)c5ccc(C)cc5)CC[C@]4(C)[C@H]3CC[C@]12C. The number of ether oxygens (including phenoxy) is 1. The summed E-state index contributed by atoms with van der Waals surface area (Å²) in [5.74, 6) is 2.94. The zero-order chi connectivity index (χ0) is 25.9. The molecule has 0 amide bonds. The van der Waals surface area contributed by atoms with E-state index in [0.717, 1.165) is 37.2 Å². The van der Waals surface area contributed by atoms with E-state index in [1.165, 1.54) is 39.0 Å². The van der Waals surface area contributed by atoms with Crippen LogP contribution in [0.25, 0.3) is 0 Å². The lowest BCUT2D eigenvalue weighted by molar-refractivity contribution is -0.155. The number of aryl methyl sites for hydroxylation is 1. The second kappa shape index (κ2) is 9.41. The van der Waals surface area contributed by atoms with Gasteiger partial charge in [0.25, 0.3) is 10.1 Å². The summed E-state index contributed by atoms with van der Waals surface area (Å²) in [5, 5.41) is 0. The van der Waals surface area contributed by atoms with E-state index in [9.17, 15) is 13.2 Å². The standard InChI is InChI=1S/C30H44O5S/c1-19-6-9-24(10-7-19)36(32,33)35-23-14-16-29(4)22(18-23)8-11-25-27-13-12-26(20(2)34-21(3)31)30(27,5)17-15-28(25)29/h6-7,9-10,20,22-23,25-28H,8,11-18H2,1-5H3/t20-,22-,23-,25-,26+,27-,28-,29-,30+/m0/s1. The Kier molecular flexibility index (Phi) is 6.85. The topological polar surface area (TPSA) is 69.7 Å². The predicted octanol–water partition coefficient (Wildman–Crippen LogP) is 6.68. The summed E-state index contributed by atoms with van der Waals surface area (Å²) in [4.78, 5) is 11.9. The van der Waals surface area contributed by atoms with Crippen molar-refractivity contribution in [1.82, 2.24) is 0 Å². The van der Waals surface area contributed by atoms with Crippen molar-refractivity contribution < 1.29 is 22.1 Å². The fraction of sp³-hybridized carbons (Fsp3) is 0.767. The van der Waals surface area contributed by atoms with Gasteiger partial charge in [-0.1, -0.05) is 31.5 Å². The van der Waals surface area contributed by atoms with Crippen LogP contribution in [-0.4, -0.2) is 26.6 Å². The third-order valence-electron chi connectivity index (χ3n) is 11.2. The maximum atomic E-state index is 12.9. The van der Waals surface area contributed by atoms with Crippen LogP contribution in [-0.2, 0) is 23.8 Å². The van der Waals surface area contributed by atoms with Crippen molar-refractivity contribution in [2.45, 2.75) is 110 Å². The van der Waals surface area contributed by atoms with Crippen LogP contribution in [0.1, 0.15) is 91.0 Å². The second-order valence-electron chi connectivity index (χ2n) is 13.0. The van der Waals surface area contributed by atoms with Gasteiger partial charge in [0.1, 0.15) is 6.10 Å². The van der Waals surface area contributed by atoms with Gasteiger partial charge in [0.05, 0.1) is 11.0 Å². The summed E-state index contributed by atoms with van der Waals surface area (Å²) in [7, 11) is -3.74. The van der Waals surface area contributed by atoms with E-state index in [1.54, 1.807) is 12.1 Å². The Morgan fingerprint density at radius 2 is 1.61 bits per heavy atom. The Morgan fingerprint density at radius 1 is 0.944 bits per heavy atom. The lowest BCUT2D eigenvalue weighted by Crippen LogP contribution is -2.54. The van der Waals surface area contributed by atoms with Gasteiger partial charge in [-0.25, -0.2) is 0 Å². The van der Waals surface area contributed by atoms with Crippen LogP contribution in [0, 0.1) is 47.3 Å². The smallest absolute Gasteiger partial charge is 0.302 e. The first kappa shape index (κ1) is 26.2. The molecule has 1 aromatic carbocycles. The van der Waals surface area contributed by atoms with Crippen LogP contribution in [0.15, 0.2) is 29.2 Å². The lowest BCUT2D eigenvalue weighted by atomic mass is 9.44. The molecule has 1 aromatic rings. The maximum Gasteiger partial charge on any atom is 0.302 e. The molecule has 36 heavy (non-hydrogen) atoms. The zero-order valence-corrected chi connectivity index (χ0v) is 23.5. The molecule has 4 fully saturated rings. The van der Waals surface area contributed by atoms with E-state index in [-0.39, 0.29) is 33.9 Å². The summed E-state index contributed by atoms with van der Waals surface area (Å²) in [6, 6.07) is 6.96. The number of benzene rings is 1. The molecule has 0 bridgehead atoms. The molecule has 0 spiro atoms. The van der Waals surface area contributed by atoms with Gasteiger partial charge in [0.2, 0.25) is 0 Å². The highest BCUT2D eigenvalue weighted by Gasteiger charge is 2.61. The Labute approximate surface area is 217 Å². The van der Waals surface area contributed by atoms with Gasteiger partial charge < -0.3 is 4.74 Å². The Morgan fingerprint density at radius 3 is 2.31 bits per heavy atom. The molecule has 0 unspecified atom stereocenters. The Hall–Kier alpha value is -1.40. The van der Waals surface area contributed by atoms with Crippen molar-refractivity contribution in [1.29, 1.82) is 0 Å². The molecule has 0 N–H and O–H groups in total. The molecule has 0 radical (unpaired) electrons. The molecule has 5 rings (SSSR count). The highest BCUT2D eigenvalue weighted by molar-refractivity contribution is 7.86. The van der Waals surface area contributed by atoms with E-state index in [4.69, 9.17) is 8.92 Å². The van der Waals surface area contributed by atoms with Crippen molar-refractivity contribution in [3.8, 4) is 0 Å². The molecule has 4 saturated carbocycles. The molecule has 5 nitrogen and oxygen atoms in total. The lowest BCUT2D eigenvalue weighted by Gasteiger charge is -2.61. The predicted molar refractivity (Wildman–Crippen MR) is 140 cm³/mol. The van der Waals surface area contributed by atoms with Crippen LogP contribution >= 0.6 is 0 Å². The third kappa shape index (κ3) is 4.44.